The summed E-state index contributed by atoms with van der Waals surface area (Å²) >= 11 is 1.75. The molecule has 90 valence electrons. The van der Waals surface area contributed by atoms with E-state index < -0.39 is 0 Å². The first kappa shape index (κ1) is 11.7. The van der Waals surface area contributed by atoms with E-state index in [1.807, 2.05) is 0 Å². The van der Waals surface area contributed by atoms with Crippen molar-refractivity contribution >= 4 is 23.0 Å². The molecule has 0 unspecified atom stereocenters. The van der Waals surface area contributed by atoms with Gasteiger partial charge in [0.15, 0.2) is 11.6 Å². The predicted octanol–water partition coefficient (Wildman–Crippen LogP) is 2.05. The Kier molecular flexibility index (Phi) is 3.43. The van der Waals surface area contributed by atoms with Crippen LogP contribution in [0.4, 0.5) is 11.6 Å². The Hall–Kier alpha value is -1.82. The fraction of sp³-hybridized carbons (Fsp3) is 0.273. The van der Waals surface area contributed by atoms with Gasteiger partial charge in [-0.2, -0.15) is 0 Å². The Morgan fingerprint density at radius 1 is 1.41 bits per heavy atom. The fourth-order valence-electron chi connectivity index (χ4n) is 1.47. The fourth-order valence-corrected chi connectivity index (χ4v) is 2.30. The second-order valence-electron chi connectivity index (χ2n) is 3.51. The molecule has 5 nitrogen and oxygen atoms in total. The summed E-state index contributed by atoms with van der Waals surface area (Å²) in [6, 6.07) is 4.18. The number of hydrogen-bond acceptors (Lipinski definition) is 6. The SMILES string of the molecule is COc1c(N)ncnc1NCc1ccc(C)s1. The van der Waals surface area contributed by atoms with E-state index in [2.05, 4.69) is 34.3 Å². The molecular weight excluding hydrogens is 236 g/mol. The predicted molar refractivity (Wildman–Crippen MR) is 69.4 cm³/mol. The van der Waals surface area contributed by atoms with Crippen LogP contribution < -0.4 is 15.8 Å². The van der Waals surface area contributed by atoms with E-state index in [1.165, 1.54) is 16.1 Å². The van der Waals surface area contributed by atoms with E-state index >= 15 is 0 Å². The molecule has 3 N–H and O–H groups in total. The van der Waals surface area contributed by atoms with Crippen molar-refractivity contribution in [2.24, 2.45) is 0 Å². The van der Waals surface area contributed by atoms with Gasteiger partial charge < -0.3 is 15.8 Å². The van der Waals surface area contributed by atoms with Gasteiger partial charge in [0.2, 0.25) is 5.75 Å². The summed E-state index contributed by atoms with van der Waals surface area (Å²) in [7, 11) is 1.55. The largest absolute Gasteiger partial charge is 0.490 e. The van der Waals surface area contributed by atoms with Gasteiger partial charge in [-0.1, -0.05) is 0 Å². The lowest BCUT2D eigenvalue weighted by molar-refractivity contribution is 0.415. The molecule has 0 amide bonds. The first-order valence-electron chi connectivity index (χ1n) is 5.14. The molecule has 0 saturated heterocycles. The molecule has 0 fully saturated rings. The van der Waals surface area contributed by atoms with Crippen LogP contribution in [0.3, 0.4) is 0 Å². The molecular formula is C11H14N4OS. The van der Waals surface area contributed by atoms with E-state index in [9.17, 15) is 0 Å². The van der Waals surface area contributed by atoms with Crippen LogP contribution in [0.1, 0.15) is 9.75 Å². The Morgan fingerprint density at radius 2 is 2.24 bits per heavy atom. The van der Waals surface area contributed by atoms with Crippen LogP contribution >= 0.6 is 11.3 Å². The number of nitrogen functional groups attached to an aromatic ring is 1. The lowest BCUT2D eigenvalue weighted by atomic mass is 10.4. The lowest BCUT2D eigenvalue weighted by Gasteiger charge is -2.09. The normalized spacial score (nSPS) is 10.2. The number of hydrogen-bond donors (Lipinski definition) is 2. The maximum Gasteiger partial charge on any atom is 0.203 e. The molecule has 0 aliphatic rings. The molecule has 0 aliphatic carbocycles. The number of thiophene rings is 1. The van der Waals surface area contributed by atoms with Crippen LogP contribution in [-0.4, -0.2) is 17.1 Å². The van der Waals surface area contributed by atoms with Gasteiger partial charge in [0.25, 0.3) is 0 Å². The average Bonchev–Trinajstić information content (AvgIpc) is 2.72. The van der Waals surface area contributed by atoms with E-state index in [0.29, 0.717) is 23.9 Å². The van der Waals surface area contributed by atoms with Gasteiger partial charge >= 0.3 is 0 Å². The molecule has 2 aromatic heterocycles. The second kappa shape index (κ2) is 5.01. The number of aryl methyl sites for hydroxylation is 1. The van der Waals surface area contributed by atoms with Gasteiger partial charge in [0.1, 0.15) is 6.33 Å². The van der Waals surface area contributed by atoms with Crippen LogP contribution in [0, 0.1) is 6.92 Å². The average molecular weight is 250 g/mol. The van der Waals surface area contributed by atoms with Gasteiger partial charge in [-0.15, -0.1) is 11.3 Å². The molecule has 0 aliphatic heterocycles. The third-order valence-electron chi connectivity index (χ3n) is 2.26. The molecule has 0 radical (unpaired) electrons. The second-order valence-corrected chi connectivity index (χ2v) is 4.88. The van der Waals surface area contributed by atoms with Gasteiger partial charge in [0, 0.05) is 9.75 Å². The van der Waals surface area contributed by atoms with Gasteiger partial charge in [-0.3, -0.25) is 0 Å². The van der Waals surface area contributed by atoms with E-state index in [1.54, 1.807) is 18.4 Å². The molecule has 2 aromatic rings. The molecule has 0 atom stereocenters. The number of aromatic nitrogens is 2. The van der Waals surface area contributed by atoms with Gasteiger partial charge in [0.05, 0.1) is 13.7 Å². The van der Waals surface area contributed by atoms with Crippen molar-refractivity contribution in [3.05, 3.63) is 28.2 Å². The number of nitrogens with two attached hydrogens (primary N) is 1. The highest BCUT2D eigenvalue weighted by Crippen LogP contribution is 2.27. The number of ether oxygens (including phenoxy) is 1. The van der Waals surface area contributed by atoms with Crippen molar-refractivity contribution < 1.29 is 4.74 Å². The number of nitrogens with zero attached hydrogens (tertiary/aromatic N) is 2. The number of methoxy groups -OCH3 is 1. The summed E-state index contributed by atoms with van der Waals surface area (Å²) in [6.07, 6.45) is 1.42. The minimum absolute atomic E-state index is 0.340. The molecule has 0 aromatic carbocycles. The topological polar surface area (TPSA) is 73.1 Å². The summed E-state index contributed by atoms with van der Waals surface area (Å²) in [5.41, 5.74) is 5.69. The molecule has 0 bridgehead atoms. The Balaban J connectivity index is 2.11. The van der Waals surface area contributed by atoms with Crippen molar-refractivity contribution in [1.82, 2.24) is 9.97 Å². The first-order chi connectivity index (χ1) is 8.20. The molecule has 17 heavy (non-hydrogen) atoms. The third kappa shape index (κ3) is 2.65. The summed E-state index contributed by atoms with van der Waals surface area (Å²) in [5.74, 6) is 1.44. The summed E-state index contributed by atoms with van der Waals surface area (Å²) in [4.78, 5) is 10.5. The maximum absolute atomic E-state index is 5.69. The van der Waals surface area contributed by atoms with Crippen molar-refractivity contribution in [2.75, 3.05) is 18.2 Å². The lowest BCUT2D eigenvalue weighted by Crippen LogP contribution is -2.05. The monoisotopic (exact) mass is 250 g/mol. The first-order valence-corrected chi connectivity index (χ1v) is 5.96. The van der Waals surface area contributed by atoms with E-state index in [4.69, 9.17) is 10.5 Å². The standard InChI is InChI=1S/C11H14N4OS/c1-7-3-4-8(17-7)5-13-11-9(16-2)10(12)14-6-15-11/h3-4,6H,5H2,1-2H3,(H3,12,13,14,15). The number of anilines is 2. The Bertz CT molecular complexity index is 512. The van der Waals surface area contributed by atoms with Gasteiger partial charge in [-0.05, 0) is 19.1 Å². The summed E-state index contributed by atoms with van der Waals surface area (Å²) in [5, 5.41) is 3.19. The van der Waals surface area contributed by atoms with Crippen molar-refractivity contribution in [2.45, 2.75) is 13.5 Å². The van der Waals surface area contributed by atoms with Gasteiger partial charge in [-0.25, -0.2) is 9.97 Å². The molecule has 0 saturated carbocycles. The van der Waals surface area contributed by atoms with Crippen LogP contribution in [0.25, 0.3) is 0 Å². The smallest absolute Gasteiger partial charge is 0.203 e. The quantitative estimate of drug-likeness (QED) is 0.868. The highest BCUT2D eigenvalue weighted by molar-refractivity contribution is 7.11. The summed E-state index contributed by atoms with van der Waals surface area (Å²) < 4.78 is 5.16. The van der Waals surface area contributed by atoms with E-state index in [-0.39, 0.29) is 0 Å². The van der Waals surface area contributed by atoms with Crippen molar-refractivity contribution in [3.63, 3.8) is 0 Å². The van der Waals surface area contributed by atoms with E-state index in [0.717, 1.165) is 0 Å². The Morgan fingerprint density at radius 3 is 2.88 bits per heavy atom. The van der Waals surface area contributed by atoms with Crippen molar-refractivity contribution in [3.8, 4) is 5.75 Å². The zero-order chi connectivity index (χ0) is 12.3. The highest BCUT2D eigenvalue weighted by Gasteiger charge is 2.09. The molecule has 6 heteroatoms. The highest BCUT2D eigenvalue weighted by atomic mass is 32.1. The van der Waals surface area contributed by atoms with Crippen LogP contribution in [-0.2, 0) is 6.54 Å². The van der Waals surface area contributed by atoms with Crippen LogP contribution in [0.15, 0.2) is 18.5 Å². The molecule has 2 rings (SSSR count). The third-order valence-corrected chi connectivity index (χ3v) is 3.26. The number of nitrogens with one attached hydrogen (secondary N) is 1. The Labute approximate surface area is 104 Å². The summed E-state index contributed by atoms with van der Waals surface area (Å²) in [6.45, 7) is 2.78. The van der Waals surface area contributed by atoms with Crippen molar-refractivity contribution in [1.29, 1.82) is 0 Å². The maximum atomic E-state index is 5.69. The number of rotatable bonds is 4. The molecule has 0 spiro atoms. The zero-order valence-corrected chi connectivity index (χ0v) is 10.5. The minimum Gasteiger partial charge on any atom is -0.490 e. The van der Waals surface area contributed by atoms with Crippen LogP contribution in [0.5, 0.6) is 5.75 Å². The van der Waals surface area contributed by atoms with Crippen LogP contribution in [0.2, 0.25) is 0 Å². The minimum atomic E-state index is 0.340. The molecule has 2 heterocycles. The zero-order valence-electron chi connectivity index (χ0n) is 9.73.